The van der Waals surface area contributed by atoms with Gasteiger partial charge in [-0.05, 0) is 43.6 Å². The third kappa shape index (κ3) is 3.19. The largest absolute Gasteiger partial charge is 0.496 e. The fourth-order valence-electron chi connectivity index (χ4n) is 2.36. The molecule has 0 aromatic heterocycles. The summed E-state index contributed by atoms with van der Waals surface area (Å²) < 4.78 is 5.38. The number of hydrogen-bond acceptors (Lipinski definition) is 4. The molecule has 2 rings (SSSR count). The summed E-state index contributed by atoms with van der Waals surface area (Å²) in [6.07, 6.45) is 4.12. The minimum atomic E-state index is 0.389. The number of hydrogen-bond donors (Lipinski definition) is 0. The number of nitrogens with zero attached hydrogens (tertiary/aromatic N) is 2. The van der Waals surface area contributed by atoms with E-state index in [0.717, 1.165) is 36.5 Å². The van der Waals surface area contributed by atoms with Gasteiger partial charge in [-0.1, -0.05) is 6.07 Å². The Morgan fingerprint density at radius 3 is 2.83 bits per heavy atom. The summed E-state index contributed by atoms with van der Waals surface area (Å²) >= 11 is 0. The number of methoxy groups -OCH3 is 1. The fourth-order valence-corrected chi connectivity index (χ4v) is 2.36. The van der Waals surface area contributed by atoms with Crippen LogP contribution >= 0.6 is 0 Å². The van der Waals surface area contributed by atoms with Gasteiger partial charge in [0.25, 0.3) is 0 Å². The van der Waals surface area contributed by atoms with Crippen molar-refractivity contribution in [3.63, 3.8) is 0 Å². The summed E-state index contributed by atoms with van der Waals surface area (Å²) in [5, 5.41) is 0. The highest BCUT2D eigenvalue weighted by molar-refractivity contribution is 5.39. The average Bonchev–Trinajstić information content (AvgIpc) is 2.89. The topological polar surface area (TPSA) is 41.9 Å². The van der Waals surface area contributed by atoms with Crippen LogP contribution in [0.25, 0.3) is 0 Å². The van der Waals surface area contributed by atoms with E-state index >= 15 is 0 Å². The first-order chi connectivity index (χ1) is 8.83. The zero-order chi connectivity index (χ0) is 12.8. The van der Waals surface area contributed by atoms with Crippen molar-refractivity contribution in [2.45, 2.75) is 25.9 Å². The smallest absolute Gasteiger partial charge is 0.235 e. The molecule has 96 valence electrons. The third-order valence-electron chi connectivity index (χ3n) is 3.26. The second kappa shape index (κ2) is 6.34. The first kappa shape index (κ1) is 12.8. The van der Waals surface area contributed by atoms with Gasteiger partial charge in [-0.3, -0.25) is 4.90 Å². The summed E-state index contributed by atoms with van der Waals surface area (Å²) in [6.45, 7) is 3.60. The van der Waals surface area contributed by atoms with Crippen molar-refractivity contribution in [2.24, 2.45) is 4.99 Å². The molecule has 0 bridgehead atoms. The van der Waals surface area contributed by atoms with Crippen LogP contribution in [0, 0.1) is 0 Å². The van der Waals surface area contributed by atoms with E-state index in [-0.39, 0.29) is 0 Å². The van der Waals surface area contributed by atoms with Crippen LogP contribution in [-0.4, -0.2) is 31.2 Å². The van der Waals surface area contributed by atoms with Crippen molar-refractivity contribution in [3.8, 4) is 5.75 Å². The van der Waals surface area contributed by atoms with Crippen LogP contribution in [0.2, 0.25) is 0 Å². The second-order valence-corrected chi connectivity index (χ2v) is 4.54. The highest BCUT2D eigenvalue weighted by Gasteiger charge is 2.14. The SMILES string of the molecule is COc1ccc(CN=C=O)cc1CN1CCCC1. The molecule has 1 aliphatic rings. The molecule has 1 fully saturated rings. The van der Waals surface area contributed by atoms with E-state index in [1.54, 1.807) is 13.2 Å². The number of isocyanates is 1. The summed E-state index contributed by atoms with van der Waals surface area (Å²) in [5.74, 6) is 0.903. The van der Waals surface area contributed by atoms with Crippen molar-refractivity contribution in [1.82, 2.24) is 4.90 Å². The van der Waals surface area contributed by atoms with Crippen molar-refractivity contribution in [1.29, 1.82) is 0 Å². The monoisotopic (exact) mass is 246 g/mol. The molecular weight excluding hydrogens is 228 g/mol. The van der Waals surface area contributed by atoms with E-state index in [2.05, 4.69) is 16.0 Å². The van der Waals surface area contributed by atoms with Gasteiger partial charge < -0.3 is 4.74 Å². The molecule has 0 aliphatic carbocycles. The molecule has 0 atom stereocenters. The molecule has 0 unspecified atom stereocenters. The fraction of sp³-hybridized carbons (Fsp3) is 0.500. The molecule has 18 heavy (non-hydrogen) atoms. The quantitative estimate of drug-likeness (QED) is 0.590. The highest BCUT2D eigenvalue weighted by atomic mass is 16.5. The summed E-state index contributed by atoms with van der Waals surface area (Å²) in [4.78, 5) is 16.2. The molecule has 1 aliphatic heterocycles. The lowest BCUT2D eigenvalue weighted by Gasteiger charge is -2.17. The predicted molar refractivity (Wildman–Crippen MR) is 69.3 cm³/mol. The maximum Gasteiger partial charge on any atom is 0.235 e. The number of likely N-dealkylation sites (tertiary alicyclic amines) is 1. The normalized spacial score (nSPS) is 15.4. The van der Waals surface area contributed by atoms with Crippen LogP contribution in [0.4, 0.5) is 0 Å². The maximum absolute atomic E-state index is 10.1. The van der Waals surface area contributed by atoms with Crippen molar-refractivity contribution in [2.75, 3.05) is 20.2 Å². The van der Waals surface area contributed by atoms with Crippen LogP contribution in [0.1, 0.15) is 24.0 Å². The molecule has 0 amide bonds. The van der Waals surface area contributed by atoms with Crippen LogP contribution in [0.15, 0.2) is 23.2 Å². The van der Waals surface area contributed by atoms with Crippen LogP contribution < -0.4 is 4.74 Å². The Kier molecular flexibility index (Phi) is 4.51. The number of rotatable bonds is 5. The first-order valence-corrected chi connectivity index (χ1v) is 6.25. The molecule has 0 N–H and O–H groups in total. The molecule has 1 aromatic carbocycles. The van der Waals surface area contributed by atoms with Gasteiger partial charge in [0.2, 0.25) is 6.08 Å². The molecule has 4 nitrogen and oxygen atoms in total. The zero-order valence-electron chi connectivity index (χ0n) is 10.7. The third-order valence-corrected chi connectivity index (χ3v) is 3.26. The number of benzene rings is 1. The Balaban J connectivity index is 2.15. The van der Waals surface area contributed by atoms with E-state index in [4.69, 9.17) is 4.74 Å². The van der Waals surface area contributed by atoms with Gasteiger partial charge >= 0.3 is 0 Å². The van der Waals surface area contributed by atoms with Gasteiger partial charge in [0.15, 0.2) is 0 Å². The zero-order valence-corrected chi connectivity index (χ0v) is 10.7. The minimum Gasteiger partial charge on any atom is -0.496 e. The lowest BCUT2D eigenvalue weighted by molar-refractivity contribution is 0.321. The van der Waals surface area contributed by atoms with Gasteiger partial charge in [-0.2, -0.15) is 0 Å². The van der Waals surface area contributed by atoms with Gasteiger partial charge in [0.05, 0.1) is 13.7 Å². The molecule has 0 saturated carbocycles. The highest BCUT2D eigenvalue weighted by Crippen LogP contribution is 2.23. The van der Waals surface area contributed by atoms with Gasteiger partial charge in [-0.15, -0.1) is 0 Å². The molecule has 1 heterocycles. The lowest BCUT2D eigenvalue weighted by Crippen LogP contribution is -2.18. The molecule has 1 aromatic rings. The van der Waals surface area contributed by atoms with E-state index in [9.17, 15) is 4.79 Å². The van der Waals surface area contributed by atoms with Gasteiger partial charge in [-0.25, -0.2) is 9.79 Å². The maximum atomic E-state index is 10.1. The van der Waals surface area contributed by atoms with Crippen molar-refractivity contribution >= 4 is 6.08 Å². The Bertz CT molecular complexity index is 447. The molecule has 1 saturated heterocycles. The van der Waals surface area contributed by atoms with Gasteiger partial charge in [0.1, 0.15) is 5.75 Å². The van der Waals surface area contributed by atoms with E-state index in [0.29, 0.717) is 6.54 Å². The van der Waals surface area contributed by atoms with Crippen LogP contribution in [0.3, 0.4) is 0 Å². The molecular formula is C14H18N2O2. The predicted octanol–water partition coefficient (Wildman–Crippen LogP) is 2.13. The molecule has 4 heteroatoms. The average molecular weight is 246 g/mol. The molecule has 0 spiro atoms. The minimum absolute atomic E-state index is 0.389. The van der Waals surface area contributed by atoms with Crippen molar-refractivity contribution in [3.05, 3.63) is 29.3 Å². The molecule has 0 radical (unpaired) electrons. The van der Waals surface area contributed by atoms with Crippen LogP contribution in [-0.2, 0) is 17.9 Å². The number of aliphatic imine (C=N–C) groups is 1. The van der Waals surface area contributed by atoms with E-state index in [1.165, 1.54) is 12.8 Å². The Morgan fingerprint density at radius 2 is 2.17 bits per heavy atom. The number of carbonyl (C=O) groups excluding carboxylic acids is 1. The summed E-state index contributed by atoms with van der Waals surface area (Å²) in [7, 11) is 1.69. The first-order valence-electron chi connectivity index (χ1n) is 6.25. The Labute approximate surface area is 107 Å². The number of ether oxygens (including phenoxy) is 1. The van der Waals surface area contributed by atoms with E-state index < -0.39 is 0 Å². The lowest BCUT2D eigenvalue weighted by atomic mass is 10.1. The van der Waals surface area contributed by atoms with Gasteiger partial charge in [0, 0.05) is 12.1 Å². The van der Waals surface area contributed by atoms with E-state index in [1.807, 2.05) is 12.1 Å². The Morgan fingerprint density at radius 1 is 1.39 bits per heavy atom. The standard InChI is InChI=1S/C14H18N2O2/c1-18-14-5-4-12(9-15-11-17)8-13(14)10-16-6-2-3-7-16/h4-5,8H,2-3,6-7,9-10H2,1H3. The van der Waals surface area contributed by atoms with Crippen LogP contribution in [0.5, 0.6) is 5.75 Å². The Hall–Kier alpha value is -1.64. The second-order valence-electron chi connectivity index (χ2n) is 4.54. The van der Waals surface area contributed by atoms with Crippen molar-refractivity contribution < 1.29 is 9.53 Å². The summed E-state index contributed by atoms with van der Waals surface area (Å²) in [6, 6.07) is 5.95. The summed E-state index contributed by atoms with van der Waals surface area (Å²) in [5.41, 5.74) is 2.19.